The van der Waals surface area contributed by atoms with Gasteiger partial charge in [-0.3, -0.25) is 4.90 Å². The second-order valence-corrected chi connectivity index (χ2v) is 11.7. The second kappa shape index (κ2) is 13.5. The number of anilines is 2. The molecule has 2 aliphatic heterocycles. The molecule has 226 valence electrons. The van der Waals surface area contributed by atoms with Crippen molar-refractivity contribution in [3.63, 3.8) is 0 Å². The Morgan fingerprint density at radius 3 is 2.19 bits per heavy atom. The first kappa shape index (κ1) is 29.0. The third-order valence-corrected chi connectivity index (χ3v) is 8.92. The van der Waals surface area contributed by atoms with Crippen LogP contribution in [0.4, 0.5) is 11.4 Å². The fourth-order valence-corrected chi connectivity index (χ4v) is 6.38. The Hall–Kier alpha value is -4.11. The van der Waals surface area contributed by atoms with Crippen molar-refractivity contribution in [2.75, 3.05) is 55.7 Å². The topological polar surface area (TPSA) is 80.8 Å². The summed E-state index contributed by atoms with van der Waals surface area (Å²) >= 11 is 0. The lowest BCUT2D eigenvalue weighted by atomic mass is 10.0. The average Bonchev–Trinajstić information content (AvgIpc) is 3.41. The Kier molecular flexibility index (Phi) is 9.07. The van der Waals surface area contributed by atoms with E-state index in [0.29, 0.717) is 27.5 Å². The van der Waals surface area contributed by atoms with E-state index in [9.17, 15) is 10.0 Å². The van der Waals surface area contributed by atoms with Gasteiger partial charge in [-0.1, -0.05) is 43.0 Å². The van der Waals surface area contributed by atoms with Crippen LogP contribution in [-0.2, 0) is 0 Å². The van der Waals surface area contributed by atoms with Crippen molar-refractivity contribution >= 4 is 28.3 Å². The van der Waals surface area contributed by atoms with Gasteiger partial charge in [-0.2, -0.15) is 0 Å². The highest BCUT2D eigenvalue weighted by atomic mass is 16.5. The van der Waals surface area contributed by atoms with Crippen LogP contribution < -0.4 is 19.4 Å². The first-order valence-electron chi connectivity index (χ1n) is 15.8. The molecule has 43 heavy (non-hydrogen) atoms. The van der Waals surface area contributed by atoms with Gasteiger partial charge in [0.05, 0.1) is 12.2 Å². The number of ether oxygens (including phenoxy) is 1. The molecule has 3 aromatic carbocycles. The number of benzene rings is 3. The normalized spacial score (nSPS) is 16.6. The van der Waals surface area contributed by atoms with Crippen molar-refractivity contribution in [1.29, 1.82) is 0 Å². The van der Waals surface area contributed by atoms with Gasteiger partial charge in [0, 0.05) is 56.7 Å². The van der Waals surface area contributed by atoms with Crippen molar-refractivity contribution in [3.8, 4) is 5.75 Å². The van der Waals surface area contributed by atoms with Crippen molar-refractivity contribution in [3.05, 3.63) is 83.6 Å². The van der Waals surface area contributed by atoms with E-state index in [-0.39, 0.29) is 5.91 Å². The van der Waals surface area contributed by atoms with Gasteiger partial charge in [0.15, 0.2) is 0 Å². The van der Waals surface area contributed by atoms with Crippen LogP contribution in [0.5, 0.6) is 5.75 Å². The van der Waals surface area contributed by atoms with E-state index in [1.807, 2.05) is 24.3 Å². The highest BCUT2D eigenvalue weighted by Gasteiger charge is 2.28. The molecule has 4 aromatic rings. The number of carbonyl (C=O) groups excluding carboxylic acids is 1. The van der Waals surface area contributed by atoms with Crippen molar-refractivity contribution in [1.82, 2.24) is 14.8 Å². The van der Waals surface area contributed by atoms with Gasteiger partial charge >= 0.3 is 5.91 Å². The van der Waals surface area contributed by atoms with Crippen LogP contribution in [-0.4, -0.2) is 72.6 Å². The molecule has 0 amide bonds. The van der Waals surface area contributed by atoms with E-state index in [1.54, 1.807) is 24.3 Å². The zero-order valence-corrected chi connectivity index (χ0v) is 25.1. The van der Waals surface area contributed by atoms with Gasteiger partial charge in [-0.05, 0) is 79.9 Å². The summed E-state index contributed by atoms with van der Waals surface area (Å²) in [4.78, 5) is 21.1. The smallest absolute Gasteiger partial charge is 0.366 e. The number of fused-ring (bicyclic) bond motifs is 1. The molecule has 2 aliphatic rings. The zero-order valence-electron chi connectivity index (χ0n) is 25.1. The highest BCUT2D eigenvalue weighted by molar-refractivity contribution is 5.99. The molecule has 0 N–H and O–H groups in total. The number of aromatic nitrogens is 3. The van der Waals surface area contributed by atoms with Crippen LogP contribution in [0.25, 0.3) is 11.0 Å². The molecule has 0 atom stereocenters. The van der Waals surface area contributed by atoms with Crippen LogP contribution in [0, 0.1) is 5.21 Å². The van der Waals surface area contributed by atoms with E-state index in [1.165, 1.54) is 42.5 Å². The van der Waals surface area contributed by atoms with Crippen molar-refractivity contribution in [2.24, 2.45) is 0 Å². The third kappa shape index (κ3) is 6.62. The van der Waals surface area contributed by atoms with Crippen molar-refractivity contribution in [2.45, 2.75) is 51.5 Å². The first-order chi connectivity index (χ1) is 21.1. The molecule has 9 nitrogen and oxygen atoms in total. The summed E-state index contributed by atoms with van der Waals surface area (Å²) in [6, 6.07) is 23.9. The summed E-state index contributed by atoms with van der Waals surface area (Å²) in [6.07, 6.45) is 7.25. The summed E-state index contributed by atoms with van der Waals surface area (Å²) in [7, 11) is 0. The fourth-order valence-electron chi connectivity index (χ4n) is 6.38. The molecule has 0 unspecified atom stereocenters. The molecule has 2 saturated heterocycles. The van der Waals surface area contributed by atoms with E-state index in [4.69, 9.17) is 4.74 Å². The minimum Gasteiger partial charge on any atom is -0.691 e. The molecule has 3 heterocycles. The van der Waals surface area contributed by atoms with Crippen LogP contribution in [0.1, 0.15) is 55.8 Å². The van der Waals surface area contributed by atoms with E-state index < -0.39 is 0 Å². The molecule has 0 spiro atoms. The van der Waals surface area contributed by atoms with Crippen LogP contribution >= 0.6 is 0 Å². The SMILES string of the molecule is CCCCCCOc1ccc(N2CCC(N3CCN(c4ccc(C(=O)n5n[n+]([O-])c6ccccc65)cc4)CC3)CC2)cc1. The summed E-state index contributed by atoms with van der Waals surface area (Å²) in [5, 5.41) is 16.0. The molecule has 9 heteroatoms. The highest BCUT2D eigenvalue weighted by Crippen LogP contribution is 2.26. The number of hydrogen-bond acceptors (Lipinski definition) is 7. The zero-order chi connectivity index (χ0) is 29.6. The lowest BCUT2D eigenvalue weighted by Gasteiger charge is -2.43. The maximum atomic E-state index is 13.1. The van der Waals surface area contributed by atoms with E-state index in [0.717, 1.165) is 63.7 Å². The Morgan fingerprint density at radius 2 is 1.49 bits per heavy atom. The predicted octanol–water partition coefficient (Wildman–Crippen LogP) is 5.11. The quantitative estimate of drug-likeness (QED) is 0.146. The maximum Gasteiger partial charge on any atom is 0.366 e. The second-order valence-electron chi connectivity index (χ2n) is 11.7. The van der Waals surface area contributed by atoms with Crippen LogP contribution in [0.15, 0.2) is 72.8 Å². The molecule has 2 fully saturated rings. The molecule has 0 saturated carbocycles. The van der Waals surface area contributed by atoms with Crippen molar-refractivity contribution < 1.29 is 14.4 Å². The van der Waals surface area contributed by atoms with Gasteiger partial charge in [0.25, 0.3) is 0 Å². The lowest BCUT2D eigenvalue weighted by molar-refractivity contribution is -0.645. The van der Waals surface area contributed by atoms with Crippen LogP contribution in [0.3, 0.4) is 0 Å². The first-order valence-corrected chi connectivity index (χ1v) is 15.8. The molecule has 0 bridgehead atoms. The Balaban J connectivity index is 0.963. The number of nitrogens with zero attached hydrogens (tertiary/aromatic N) is 6. The maximum absolute atomic E-state index is 13.1. The van der Waals surface area contributed by atoms with Crippen LogP contribution in [0.2, 0.25) is 0 Å². The Bertz CT molecular complexity index is 1490. The minimum atomic E-state index is -0.310. The molecular weight excluding hydrogens is 540 g/mol. The molecule has 6 rings (SSSR count). The minimum absolute atomic E-state index is 0.310. The average molecular weight is 583 g/mol. The monoisotopic (exact) mass is 582 g/mol. The Morgan fingerprint density at radius 1 is 0.837 bits per heavy atom. The molecule has 0 aliphatic carbocycles. The number of rotatable bonds is 10. The predicted molar refractivity (Wildman–Crippen MR) is 170 cm³/mol. The molecule has 1 aromatic heterocycles. The summed E-state index contributed by atoms with van der Waals surface area (Å²) < 4.78 is 7.10. The largest absolute Gasteiger partial charge is 0.691 e. The number of unbranched alkanes of at least 4 members (excludes halogenated alkanes) is 3. The van der Waals surface area contributed by atoms with Gasteiger partial charge < -0.3 is 19.7 Å². The fraction of sp³-hybridized carbons (Fsp3) is 0.441. The molecule has 0 radical (unpaired) electrons. The van der Waals surface area contributed by atoms with E-state index in [2.05, 4.69) is 51.1 Å². The number of hydrogen-bond donors (Lipinski definition) is 0. The number of piperidine rings is 1. The standard InChI is InChI=1S/C34H42N6O3/c1-2-3-4-7-26-43-31-16-14-29(15-17-31)36-20-18-30(19-21-36)38-24-22-37(23-25-38)28-12-10-27(11-13-28)34(41)39-32-8-5-6-9-33(32)40(42)35-39/h5-6,8-17,30H,2-4,7,18-26H2,1H3. The van der Waals surface area contributed by atoms with Gasteiger partial charge in [0.2, 0.25) is 11.0 Å². The van der Waals surface area contributed by atoms with E-state index >= 15 is 0 Å². The summed E-state index contributed by atoms with van der Waals surface area (Å²) in [6.45, 7) is 9.20. The van der Waals surface area contributed by atoms with Gasteiger partial charge in [-0.25, -0.2) is 4.79 Å². The number of para-hydroxylation sites is 2. The Labute approximate surface area is 253 Å². The summed E-state index contributed by atoms with van der Waals surface area (Å²) in [5.41, 5.74) is 3.79. The van der Waals surface area contributed by atoms with Gasteiger partial charge in [0.1, 0.15) is 11.0 Å². The number of carbonyl (C=O) groups is 1. The third-order valence-electron chi connectivity index (χ3n) is 8.92. The lowest BCUT2D eigenvalue weighted by Crippen LogP contribution is -2.53. The summed E-state index contributed by atoms with van der Waals surface area (Å²) in [5.74, 6) is 0.660. The number of piperazine rings is 1. The van der Waals surface area contributed by atoms with Gasteiger partial charge in [-0.15, -0.1) is 4.85 Å². The molecular formula is C34H42N6O3.